The highest BCUT2D eigenvalue weighted by Crippen LogP contribution is 2.44. The number of aromatic nitrogens is 2. The van der Waals surface area contributed by atoms with E-state index in [-0.39, 0.29) is 5.92 Å². The lowest BCUT2D eigenvalue weighted by Crippen LogP contribution is -2.48. The summed E-state index contributed by atoms with van der Waals surface area (Å²) in [5.41, 5.74) is 4.82. The van der Waals surface area contributed by atoms with Crippen molar-refractivity contribution >= 4 is 17.3 Å². The second-order valence-corrected chi connectivity index (χ2v) is 9.71. The van der Waals surface area contributed by atoms with E-state index in [2.05, 4.69) is 35.2 Å². The topological polar surface area (TPSA) is 65.9 Å². The molecule has 4 aliphatic rings. The Morgan fingerprint density at radius 3 is 2.79 bits per heavy atom. The van der Waals surface area contributed by atoms with Gasteiger partial charge in [0.15, 0.2) is 5.75 Å². The third kappa shape index (κ3) is 4.02. The first-order valence-electron chi connectivity index (χ1n) is 12.8. The number of allylic oxidation sites excluding steroid dienone is 2. The number of hydrogen-bond acceptors (Lipinski definition) is 7. The van der Waals surface area contributed by atoms with Gasteiger partial charge in [-0.1, -0.05) is 32.2 Å². The van der Waals surface area contributed by atoms with Crippen LogP contribution < -0.4 is 10.1 Å². The molecule has 1 atom stereocenters. The fraction of sp³-hybridized carbons (Fsp3) is 0.233. The molecule has 0 radical (unpaired) electrons. The number of fused-ring (bicyclic) bond motifs is 1. The quantitative estimate of drug-likeness (QED) is 0.420. The zero-order valence-corrected chi connectivity index (χ0v) is 21.5. The molecule has 6 heterocycles. The molecule has 7 rings (SSSR count). The molecule has 3 aromatic rings. The average Bonchev–Trinajstić information content (AvgIpc) is 2.95. The third-order valence-electron chi connectivity index (χ3n) is 7.28. The van der Waals surface area contributed by atoms with E-state index in [9.17, 15) is 0 Å². The summed E-state index contributed by atoms with van der Waals surface area (Å²) in [6.07, 6.45) is 7.40. The molecule has 2 aromatic heterocycles. The monoisotopic (exact) mass is 508 g/mol. The van der Waals surface area contributed by atoms with Crippen LogP contribution in [0, 0.1) is 12.7 Å². The predicted octanol–water partition coefficient (Wildman–Crippen LogP) is 6.14. The summed E-state index contributed by atoms with van der Waals surface area (Å²) in [6.45, 7) is 15.0. The lowest BCUT2D eigenvalue weighted by Gasteiger charge is -2.38. The largest absolute Gasteiger partial charge is 0.454 e. The van der Waals surface area contributed by atoms with Crippen LogP contribution in [0.15, 0.2) is 78.7 Å². The van der Waals surface area contributed by atoms with Gasteiger partial charge in [-0.3, -0.25) is 4.98 Å². The van der Waals surface area contributed by atoms with Crippen molar-refractivity contribution < 1.29 is 9.13 Å². The Balaban J connectivity index is 1.63. The number of pyridine rings is 2. The number of nitrogens with zero attached hydrogens (tertiary/aromatic N) is 5. The molecule has 0 saturated carbocycles. The number of amidine groups is 1. The van der Waals surface area contributed by atoms with Crippen LogP contribution in [0.3, 0.4) is 0 Å². The summed E-state index contributed by atoms with van der Waals surface area (Å²) < 4.78 is 21.8. The lowest BCUT2D eigenvalue weighted by molar-refractivity contribution is 0.228. The Labute approximate surface area is 221 Å². The van der Waals surface area contributed by atoms with Gasteiger partial charge < -0.3 is 19.9 Å². The number of halogens is 1. The van der Waals surface area contributed by atoms with Crippen LogP contribution >= 0.6 is 0 Å². The highest BCUT2D eigenvalue weighted by atomic mass is 19.1. The van der Waals surface area contributed by atoms with Crippen molar-refractivity contribution in [3.05, 3.63) is 96.4 Å². The van der Waals surface area contributed by atoms with Crippen molar-refractivity contribution in [1.29, 1.82) is 0 Å². The predicted molar refractivity (Wildman–Crippen MR) is 149 cm³/mol. The smallest absolute Gasteiger partial charge is 0.156 e. The van der Waals surface area contributed by atoms with Gasteiger partial charge in [-0.05, 0) is 43.0 Å². The first-order valence-corrected chi connectivity index (χ1v) is 12.8. The van der Waals surface area contributed by atoms with Gasteiger partial charge in [0, 0.05) is 50.1 Å². The molecule has 0 aliphatic carbocycles. The summed E-state index contributed by atoms with van der Waals surface area (Å²) >= 11 is 0. The van der Waals surface area contributed by atoms with Crippen molar-refractivity contribution in [3.63, 3.8) is 0 Å². The molecule has 4 bridgehead atoms. The molecule has 1 aromatic carbocycles. The summed E-state index contributed by atoms with van der Waals surface area (Å²) in [7, 11) is 0. The highest BCUT2D eigenvalue weighted by molar-refractivity contribution is 6.05. The molecule has 1 N–H and O–H groups in total. The number of aliphatic imine (C=N–C) groups is 1. The van der Waals surface area contributed by atoms with Crippen molar-refractivity contribution in [2.24, 2.45) is 4.99 Å². The lowest BCUT2D eigenvalue weighted by atomic mass is 10.0. The molecular weight excluding hydrogens is 479 g/mol. The van der Waals surface area contributed by atoms with Gasteiger partial charge >= 0.3 is 0 Å². The van der Waals surface area contributed by atoms with E-state index < -0.39 is 5.82 Å². The number of benzene rings is 1. The minimum atomic E-state index is -0.398. The average molecular weight is 509 g/mol. The van der Waals surface area contributed by atoms with Crippen molar-refractivity contribution in [2.45, 2.75) is 19.8 Å². The molecule has 1 saturated heterocycles. The zero-order valence-electron chi connectivity index (χ0n) is 21.5. The minimum Gasteiger partial charge on any atom is -0.454 e. The number of aryl methyl sites for hydroxylation is 1. The zero-order chi connectivity index (χ0) is 26.4. The highest BCUT2D eigenvalue weighted by Gasteiger charge is 2.29. The number of nitrogens with one attached hydrogen (secondary N) is 1. The second-order valence-electron chi connectivity index (χ2n) is 9.71. The summed E-state index contributed by atoms with van der Waals surface area (Å²) in [4.78, 5) is 19.4. The Morgan fingerprint density at radius 2 is 2.00 bits per heavy atom. The maximum atomic E-state index is 15.4. The van der Waals surface area contributed by atoms with Crippen LogP contribution in [0.5, 0.6) is 11.5 Å². The summed E-state index contributed by atoms with van der Waals surface area (Å²) in [6, 6.07) is 8.67. The van der Waals surface area contributed by atoms with E-state index in [0.29, 0.717) is 34.3 Å². The number of rotatable bonds is 2. The summed E-state index contributed by atoms with van der Waals surface area (Å²) in [5.74, 6) is 1.83. The molecule has 4 aliphatic heterocycles. The fourth-order valence-electron chi connectivity index (χ4n) is 5.17. The summed E-state index contributed by atoms with van der Waals surface area (Å²) in [5, 5.41) is 3.36. The van der Waals surface area contributed by atoms with Gasteiger partial charge in [0.25, 0.3) is 0 Å². The molecule has 7 nitrogen and oxygen atoms in total. The van der Waals surface area contributed by atoms with Gasteiger partial charge in [0.05, 0.1) is 22.5 Å². The van der Waals surface area contributed by atoms with Crippen LogP contribution in [0.2, 0.25) is 0 Å². The maximum Gasteiger partial charge on any atom is 0.156 e. The molecule has 192 valence electrons. The molecular formula is C30H29FN6O. The van der Waals surface area contributed by atoms with E-state index in [0.717, 1.165) is 54.5 Å². The van der Waals surface area contributed by atoms with E-state index in [4.69, 9.17) is 19.7 Å². The van der Waals surface area contributed by atoms with Crippen molar-refractivity contribution in [2.75, 3.05) is 31.5 Å². The Kier molecular flexibility index (Phi) is 5.94. The molecule has 1 fully saturated rings. The van der Waals surface area contributed by atoms with E-state index in [1.54, 1.807) is 30.5 Å². The number of piperazine rings is 1. The van der Waals surface area contributed by atoms with Gasteiger partial charge in [0.2, 0.25) is 0 Å². The molecule has 8 heteroatoms. The number of ether oxygens (including phenoxy) is 1. The molecule has 38 heavy (non-hydrogen) atoms. The molecule has 1 unspecified atom stereocenters. The number of anilines is 1. The van der Waals surface area contributed by atoms with Crippen LogP contribution in [0.1, 0.15) is 29.7 Å². The third-order valence-corrected chi connectivity index (χ3v) is 7.28. The van der Waals surface area contributed by atoms with Crippen LogP contribution in [-0.4, -0.2) is 51.8 Å². The standard InChI is InChI=1S/C30H29FN6O/c1-5-20(4)36-13-15-37(16-14-36)30-21-17-19(3)26-25-22(31)7-6-8-23(25)38-24-10-12-32-27(28(24)35-30)18(2)9-11-33-29(21)34-26/h5-12,17-18H,1,4,13-16H2,2-3H3,(H,33,34)/b11-9-,35-30+. The van der Waals surface area contributed by atoms with Crippen LogP contribution in [-0.2, 0) is 0 Å². The first kappa shape index (κ1) is 23.9. The van der Waals surface area contributed by atoms with E-state index in [1.165, 1.54) is 6.07 Å². The van der Waals surface area contributed by atoms with Gasteiger partial charge in [-0.15, -0.1) is 0 Å². The minimum absolute atomic E-state index is 0.0574. The Hall–Kier alpha value is -4.46. The van der Waals surface area contributed by atoms with Crippen LogP contribution in [0.4, 0.5) is 15.9 Å². The second kappa shape index (κ2) is 9.45. The fourth-order valence-corrected chi connectivity index (χ4v) is 5.17. The van der Waals surface area contributed by atoms with Gasteiger partial charge in [0.1, 0.15) is 28.9 Å². The Morgan fingerprint density at radius 1 is 1.18 bits per heavy atom. The normalized spacial score (nSPS) is 20.0. The van der Waals surface area contributed by atoms with Gasteiger partial charge in [-0.2, -0.15) is 0 Å². The maximum absolute atomic E-state index is 15.4. The van der Waals surface area contributed by atoms with Crippen molar-refractivity contribution in [3.8, 4) is 22.8 Å². The van der Waals surface area contributed by atoms with Crippen LogP contribution in [0.25, 0.3) is 11.3 Å². The van der Waals surface area contributed by atoms with Gasteiger partial charge in [-0.25, -0.2) is 14.4 Å². The van der Waals surface area contributed by atoms with E-state index >= 15 is 4.39 Å². The number of hydrogen-bond donors (Lipinski definition) is 1. The Bertz CT molecular complexity index is 1520. The first-order chi connectivity index (χ1) is 18.4. The molecule has 0 amide bonds. The van der Waals surface area contributed by atoms with E-state index in [1.807, 2.05) is 25.3 Å². The SMILES string of the molecule is C=CC(=C)N1CCN(/C2=N/c3c4ccnc3C(C)/C=C\Nc3nc(c(C)cc32)-c2c(F)cccc2O4)CC1. The van der Waals surface area contributed by atoms with Crippen molar-refractivity contribution in [1.82, 2.24) is 19.8 Å². The molecule has 0 spiro atoms.